The van der Waals surface area contributed by atoms with Crippen LogP contribution in [0.3, 0.4) is 0 Å². The van der Waals surface area contributed by atoms with Crippen LogP contribution < -0.4 is 20.1 Å². The Bertz CT molecular complexity index is 671. The van der Waals surface area contributed by atoms with Crippen LogP contribution in [0.25, 0.3) is 0 Å². The van der Waals surface area contributed by atoms with Gasteiger partial charge in [-0.3, -0.25) is 0 Å². The van der Waals surface area contributed by atoms with Gasteiger partial charge in [0.25, 0.3) is 0 Å². The maximum absolute atomic E-state index is 10.1. The third kappa shape index (κ3) is 5.42. The molecule has 0 aliphatic heterocycles. The van der Waals surface area contributed by atoms with Crippen molar-refractivity contribution in [1.82, 2.24) is 10.6 Å². The van der Waals surface area contributed by atoms with Crippen LogP contribution in [0.2, 0.25) is 0 Å². The van der Waals surface area contributed by atoms with Gasteiger partial charge < -0.3 is 29.6 Å². The van der Waals surface area contributed by atoms with Gasteiger partial charge in [-0.05, 0) is 36.8 Å². The first-order valence-corrected chi connectivity index (χ1v) is 8.12. The second-order valence-corrected chi connectivity index (χ2v) is 5.30. The molecule has 1 unspecified atom stereocenters. The molecule has 1 aromatic heterocycles. The summed E-state index contributed by atoms with van der Waals surface area (Å²) in [6, 6.07) is 9.16. The summed E-state index contributed by atoms with van der Waals surface area (Å²) in [6.45, 7) is 3.46. The van der Waals surface area contributed by atoms with E-state index in [4.69, 9.17) is 13.9 Å². The van der Waals surface area contributed by atoms with E-state index < -0.39 is 6.10 Å². The van der Waals surface area contributed by atoms with Crippen molar-refractivity contribution >= 4 is 5.96 Å². The van der Waals surface area contributed by atoms with Crippen molar-refractivity contribution in [3.63, 3.8) is 0 Å². The molecule has 136 valence electrons. The van der Waals surface area contributed by atoms with Gasteiger partial charge in [0.1, 0.15) is 11.9 Å². The predicted octanol–water partition coefficient (Wildman–Crippen LogP) is 2.09. The molecule has 0 bridgehead atoms. The Hall–Kier alpha value is -2.67. The van der Waals surface area contributed by atoms with Crippen LogP contribution >= 0.6 is 0 Å². The number of nitrogens with zero attached hydrogens (tertiary/aromatic N) is 1. The minimum absolute atomic E-state index is 0.297. The summed E-state index contributed by atoms with van der Waals surface area (Å²) in [4.78, 5) is 4.52. The number of hydrogen-bond acceptors (Lipinski definition) is 5. The fraction of sp³-hybridized carbons (Fsp3) is 0.389. The molecule has 3 N–H and O–H groups in total. The van der Waals surface area contributed by atoms with Crippen molar-refractivity contribution in [2.75, 3.05) is 27.3 Å². The molecule has 2 aromatic rings. The molecule has 0 aliphatic carbocycles. The molecular weight excluding hydrogens is 322 g/mol. The zero-order valence-corrected chi connectivity index (χ0v) is 14.8. The fourth-order valence-electron chi connectivity index (χ4n) is 2.27. The van der Waals surface area contributed by atoms with Gasteiger partial charge in [0.2, 0.25) is 0 Å². The standard InChI is InChI=1S/C18H25N3O4/c1-4-19-18(21-12-14(22)15-6-5-9-25-15)20-11-13-7-8-16(23-2)17(10-13)24-3/h5-10,14,22H,4,11-12H2,1-3H3,(H2,19,20,21). The van der Waals surface area contributed by atoms with Crippen LogP contribution in [0.1, 0.15) is 24.4 Å². The van der Waals surface area contributed by atoms with Crippen LogP contribution in [-0.2, 0) is 6.54 Å². The van der Waals surface area contributed by atoms with Crippen molar-refractivity contribution in [2.45, 2.75) is 19.6 Å². The molecule has 1 aromatic carbocycles. The molecule has 7 nitrogen and oxygen atoms in total. The van der Waals surface area contributed by atoms with Gasteiger partial charge in [-0.15, -0.1) is 0 Å². The molecule has 0 aliphatic rings. The van der Waals surface area contributed by atoms with Crippen LogP contribution in [-0.4, -0.2) is 38.4 Å². The zero-order chi connectivity index (χ0) is 18.1. The van der Waals surface area contributed by atoms with E-state index in [1.165, 1.54) is 6.26 Å². The molecule has 0 saturated heterocycles. The molecule has 1 atom stereocenters. The lowest BCUT2D eigenvalue weighted by Gasteiger charge is -2.14. The van der Waals surface area contributed by atoms with Crippen LogP contribution in [0.4, 0.5) is 0 Å². The van der Waals surface area contributed by atoms with Crippen molar-refractivity contribution in [2.24, 2.45) is 4.99 Å². The van der Waals surface area contributed by atoms with E-state index >= 15 is 0 Å². The third-order valence-electron chi connectivity index (χ3n) is 3.55. The van der Waals surface area contributed by atoms with Crippen LogP contribution in [0.15, 0.2) is 46.0 Å². The number of ether oxygens (including phenoxy) is 2. The maximum atomic E-state index is 10.1. The molecule has 1 heterocycles. The highest BCUT2D eigenvalue weighted by molar-refractivity contribution is 5.79. The number of nitrogens with one attached hydrogen (secondary N) is 2. The average Bonchev–Trinajstić information content (AvgIpc) is 3.18. The Labute approximate surface area is 147 Å². The molecule has 0 amide bonds. The van der Waals surface area contributed by atoms with E-state index in [0.29, 0.717) is 42.9 Å². The molecule has 2 rings (SSSR count). The smallest absolute Gasteiger partial charge is 0.191 e. The van der Waals surface area contributed by atoms with Gasteiger partial charge in [-0.25, -0.2) is 4.99 Å². The number of guanidine groups is 1. The van der Waals surface area contributed by atoms with E-state index in [-0.39, 0.29) is 0 Å². The van der Waals surface area contributed by atoms with Gasteiger partial charge in [0.05, 0.1) is 33.6 Å². The second kappa shape index (κ2) is 9.58. The number of aliphatic imine (C=N–C) groups is 1. The van der Waals surface area contributed by atoms with E-state index in [9.17, 15) is 5.11 Å². The highest BCUT2D eigenvalue weighted by Gasteiger charge is 2.11. The number of furan rings is 1. The first-order chi connectivity index (χ1) is 12.2. The van der Waals surface area contributed by atoms with Gasteiger partial charge in [-0.1, -0.05) is 6.07 Å². The highest BCUT2D eigenvalue weighted by Crippen LogP contribution is 2.27. The fourth-order valence-corrected chi connectivity index (χ4v) is 2.27. The monoisotopic (exact) mass is 347 g/mol. The quantitative estimate of drug-likeness (QED) is 0.501. The predicted molar refractivity (Wildman–Crippen MR) is 96.0 cm³/mol. The summed E-state index contributed by atoms with van der Waals surface area (Å²) in [6.07, 6.45) is 0.800. The van der Waals surface area contributed by atoms with E-state index in [2.05, 4.69) is 15.6 Å². The van der Waals surface area contributed by atoms with E-state index in [1.54, 1.807) is 26.4 Å². The third-order valence-corrected chi connectivity index (χ3v) is 3.55. The molecule has 0 saturated carbocycles. The molecule has 7 heteroatoms. The number of benzene rings is 1. The SMILES string of the molecule is CCNC(=NCc1ccc(OC)c(OC)c1)NCC(O)c1ccco1. The van der Waals surface area contributed by atoms with E-state index in [0.717, 1.165) is 5.56 Å². The molecular formula is C18H25N3O4. The van der Waals surface area contributed by atoms with Crippen molar-refractivity contribution in [1.29, 1.82) is 0 Å². The number of methoxy groups -OCH3 is 2. The first-order valence-electron chi connectivity index (χ1n) is 8.12. The molecule has 0 radical (unpaired) electrons. The Balaban J connectivity index is 1.99. The number of aliphatic hydroxyl groups excluding tert-OH is 1. The summed E-state index contributed by atoms with van der Waals surface area (Å²) in [5.74, 6) is 2.48. The maximum Gasteiger partial charge on any atom is 0.191 e. The molecule has 0 spiro atoms. The van der Waals surface area contributed by atoms with Crippen molar-refractivity contribution in [3.05, 3.63) is 47.9 Å². The summed E-state index contributed by atoms with van der Waals surface area (Å²) >= 11 is 0. The highest BCUT2D eigenvalue weighted by atomic mass is 16.5. The van der Waals surface area contributed by atoms with Gasteiger partial charge in [-0.2, -0.15) is 0 Å². The first kappa shape index (κ1) is 18.7. The van der Waals surface area contributed by atoms with Crippen molar-refractivity contribution in [3.8, 4) is 11.5 Å². The van der Waals surface area contributed by atoms with Gasteiger partial charge >= 0.3 is 0 Å². The molecule has 0 fully saturated rings. The number of aliphatic hydroxyl groups is 1. The van der Waals surface area contributed by atoms with Gasteiger partial charge in [0, 0.05) is 6.54 Å². The summed E-state index contributed by atoms with van der Waals surface area (Å²) < 4.78 is 15.7. The Morgan fingerprint density at radius 1 is 1.20 bits per heavy atom. The average molecular weight is 347 g/mol. The summed E-state index contributed by atoms with van der Waals surface area (Å²) in [7, 11) is 3.21. The zero-order valence-electron chi connectivity index (χ0n) is 14.8. The topological polar surface area (TPSA) is 88.3 Å². The number of rotatable bonds is 8. The minimum Gasteiger partial charge on any atom is -0.493 e. The lowest BCUT2D eigenvalue weighted by atomic mass is 10.2. The van der Waals surface area contributed by atoms with Crippen LogP contribution in [0, 0.1) is 0 Å². The minimum atomic E-state index is -0.736. The Morgan fingerprint density at radius 2 is 2.00 bits per heavy atom. The van der Waals surface area contributed by atoms with E-state index in [1.807, 2.05) is 25.1 Å². The lowest BCUT2D eigenvalue weighted by Crippen LogP contribution is -2.39. The largest absolute Gasteiger partial charge is 0.493 e. The summed E-state index contributed by atoms with van der Waals surface area (Å²) in [5.41, 5.74) is 0.987. The Kier molecular flexibility index (Phi) is 7.16. The molecule has 25 heavy (non-hydrogen) atoms. The Morgan fingerprint density at radius 3 is 2.64 bits per heavy atom. The summed E-state index contributed by atoms with van der Waals surface area (Å²) in [5, 5.41) is 16.3. The number of hydrogen-bond donors (Lipinski definition) is 3. The second-order valence-electron chi connectivity index (χ2n) is 5.30. The lowest BCUT2D eigenvalue weighted by molar-refractivity contribution is 0.153. The normalized spacial score (nSPS) is 12.6. The van der Waals surface area contributed by atoms with Gasteiger partial charge in [0.15, 0.2) is 17.5 Å². The van der Waals surface area contributed by atoms with Crippen molar-refractivity contribution < 1.29 is 19.0 Å². The van der Waals surface area contributed by atoms with Crippen LogP contribution in [0.5, 0.6) is 11.5 Å².